The van der Waals surface area contributed by atoms with Crippen molar-refractivity contribution in [2.24, 2.45) is 16.8 Å². The first-order valence-corrected chi connectivity index (χ1v) is 7.99. The number of nitrogens with zero attached hydrogens (tertiary/aromatic N) is 1. The highest BCUT2D eigenvalue weighted by atomic mass is 35.5. The van der Waals surface area contributed by atoms with Crippen molar-refractivity contribution in [3.63, 3.8) is 0 Å². The minimum atomic E-state index is -4.18. The van der Waals surface area contributed by atoms with Crippen molar-refractivity contribution in [2.45, 2.75) is 24.8 Å². The maximum atomic E-state index is 13.6. The Balaban J connectivity index is 3.27. The number of amidine groups is 1. The SMILES string of the molecule is CC(C)C(NS(=O)(=O)c1ccc(Cl)c(F)c1Cl)/C(N)=N/O. The molecule has 6 nitrogen and oxygen atoms in total. The Morgan fingerprint density at radius 2 is 2.00 bits per heavy atom. The molecule has 21 heavy (non-hydrogen) atoms. The predicted octanol–water partition coefficient (Wildman–Crippen LogP) is 2.18. The van der Waals surface area contributed by atoms with Crippen LogP contribution in [0.5, 0.6) is 0 Å². The molecule has 1 atom stereocenters. The standard InChI is InChI=1S/C11H14Cl2FN3O3S/c1-5(2)10(11(15)16-18)17-21(19,20)7-4-3-6(12)9(14)8(7)13/h3-5,10,17-18H,1-2H3,(H2,15,16). The summed E-state index contributed by atoms with van der Waals surface area (Å²) < 4.78 is 40.3. The lowest BCUT2D eigenvalue weighted by molar-refractivity contribution is 0.313. The molecule has 0 amide bonds. The van der Waals surface area contributed by atoms with Crippen molar-refractivity contribution in [3.05, 3.63) is 28.0 Å². The molecule has 0 aliphatic heterocycles. The number of oxime groups is 1. The molecule has 1 aromatic carbocycles. The fraction of sp³-hybridized carbons (Fsp3) is 0.364. The molecule has 0 aromatic heterocycles. The first-order chi connectivity index (χ1) is 9.61. The summed E-state index contributed by atoms with van der Waals surface area (Å²) in [7, 11) is -4.18. The van der Waals surface area contributed by atoms with Crippen LogP contribution in [0.4, 0.5) is 4.39 Å². The van der Waals surface area contributed by atoms with Crippen molar-refractivity contribution in [2.75, 3.05) is 0 Å². The molecule has 0 saturated heterocycles. The molecule has 0 bridgehead atoms. The molecule has 0 fully saturated rings. The monoisotopic (exact) mass is 357 g/mol. The average molecular weight is 358 g/mol. The van der Waals surface area contributed by atoms with E-state index >= 15 is 0 Å². The lowest BCUT2D eigenvalue weighted by Gasteiger charge is -2.21. The number of hydrogen-bond donors (Lipinski definition) is 3. The van der Waals surface area contributed by atoms with Gasteiger partial charge in [-0.1, -0.05) is 42.2 Å². The van der Waals surface area contributed by atoms with Gasteiger partial charge >= 0.3 is 0 Å². The second-order valence-electron chi connectivity index (χ2n) is 4.54. The molecule has 1 aromatic rings. The molecule has 1 unspecified atom stereocenters. The van der Waals surface area contributed by atoms with Crippen molar-refractivity contribution >= 4 is 39.1 Å². The van der Waals surface area contributed by atoms with Gasteiger partial charge in [-0.25, -0.2) is 17.5 Å². The number of hydrogen-bond acceptors (Lipinski definition) is 4. The smallest absolute Gasteiger partial charge is 0.242 e. The zero-order valence-corrected chi connectivity index (χ0v) is 13.5. The van der Waals surface area contributed by atoms with E-state index in [-0.39, 0.29) is 16.8 Å². The molecule has 118 valence electrons. The molecule has 0 spiro atoms. The maximum Gasteiger partial charge on any atom is 0.242 e. The third-order valence-electron chi connectivity index (χ3n) is 2.67. The zero-order valence-electron chi connectivity index (χ0n) is 11.1. The van der Waals surface area contributed by atoms with Gasteiger partial charge in [-0.05, 0) is 18.1 Å². The van der Waals surface area contributed by atoms with Crippen molar-refractivity contribution in [1.82, 2.24) is 4.72 Å². The zero-order chi connectivity index (χ0) is 16.4. The lowest BCUT2D eigenvalue weighted by atomic mass is 10.1. The first kappa shape index (κ1) is 18.0. The van der Waals surface area contributed by atoms with Crippen LogP contribution in [0.25, 0.3) is 0 Å². The van der Waals surface area contributed by atoms with E-state index in [1.54, 1.807) is 13.8 Å². The van der Waals surface area contributed by atoms with E-state index < -0.39 is 31.8 Å². The van der Waals surface area contributed by atoms with Crippen molar-refractivity contribution < 1.29 is 18.0 Å². The van der Waals surface area contributed by atoms with Crippen LogP contribution in [0, 0.1) is 11.7 Å². The topological polar surface area (TPSA) is 105 Å². The highest BCUT2D eigenvalue weighted by molar-refractivity contribution is 7.89. The van der Waals surface area contributed by atoms with Crippen LogP contribution in [0.15, 0.2) is 22.2 Å². The van der Waals surface area contributed by atoms with Crippen molar-refractivity contribution in [3.8, 4) is 0 Å². The van der Waals surface area contributed by atoms with E-state index in [9.17, 15) is 12.8 Å². The van der Waals surface area contributed by atoms with Gasteiger partial charge in [-0.3, -0.25) is 0 Å². The van der Waals surface area contributed by atoms with Gasteiger partial charge in [0.2, 0.25) is 10.0 Å². The van der Waals surface area contributed by atoms with Gasteiger partial charge in [0.15, 0.2) is 11.7 Å². The number of nitrogens with one attached hydrogen (secondary N) is 1. The number of sulfonamides is 1. The average Bonchev–Trinajstić information content (AvgIpc) is 2.40. The summed E-state index contributed by atoms with van der Waals surface area (Å²) in [5.74, 6) is -1.67. The van der Waals surface area contributed by atoms with E-state index in [1.807, 2.05) is 0 Å². The molecule has 0 saturated carbocycles. The van der Waals surface area contributed by atoms with Gasteiger partial charge in [0.05, 0.1) is 16.1 Å². The summed E-state index contributed by atoms with van der Waals surface area (Å²) in [5.41, 5.74) is 5.44. The Bertz CT molecular complexity index is 665. The second-order valence-corrected chi connectivity index (χ2v) is 7.01. The van der Waals surface area contributed by atoms with Gasteiger partial charge in [-0.15, -0.1) is 0 Å². The van der Waals surface area contributed by atoms with E-state index in [1.165, 1.54) is 0 Å². The summed E-state index contributed by atoms with van der Waals surface area (Å²) >= 11 is 11.2. The Labute approximate surface area is 131 Å². The Morgan fingerprint density at radius 1 is 1.43 bits per heavy atom. The Morgan fingerprint density at radius 3 is 2.48 bits per heavy atom. The fourth-order valence-corrected chi connectivity index (χ4v) is 3.65. The van der Waals surface area contributed by atoms with Gasteiger partial charge in [0.1, 0.15) is 4.90 Å². The summed E-state index contributed by atoms with van der Waals surface area (Å²) in [4.78, 5) is -0.484. The van der Waals surface area contributed by atoms with Gasteiger partial charge in [0, 0.05) is 0 Å². The quantitative estimate of drug-likeness (QED) is 0.247. The van der Waals surface area contributed by atoms with Crippen LogP contribution in [0.3, 0.4) is 0 Å². The lowest BCUT2D eigenvalue weighted by Crippen LogP contribution is -2.47. The Kier molecular flexibility index (Phi) is 5.80. The molecular weight excluding hydrogens is 344 g/mol. The van der Waals surface area contributed by atoms with Crippen LogP contribution in [0.2, 0.25) is 10.0 Å². The summed E-state index contributed by atoms with van der Waals surface area (Å²) in [6.45, 7) is 3.32. The molecule has 0 aliphatic carbocycles. The minimum absolute atomic E-state index is 0.296. The third-order valence-corrected chi connectivity index (χ3v) is 4.93. The highest BCUT2D eigenvalue weighted by Crippen LogP contribution is 2.29. The van der Waals surface area contributed by atoms with Gasteiger partial charge in [0.25, 0.3) is 0 Å². The number of halogens is 3. The van der Waals surface area contributed by atoms with Gasteiger partial charge in [-0.2, -0.15) is 0 Å². The summed E-state index contributed by atoms with van der Waals surface area (Å²) in [6.07, 6.45) is 0. The largest absolute Gasteiger partial charge is 0.409 e. The minimum Gasteiger partial charge on any atom is -0.409 e. The normalized spacial score (nSPS) is 14.5. The highest BCUT2D eigenvalue weighted by Gasteiger charge is 2.28. The fourth-order valence-electron chi connectivity index (χ4n) is 1.55. The summed E-state index contributed by atoms with van der Waals surface area (Å²) in [6, 6.07) is 1.17. The number of rotatable bonds is 5. The molecule has 1 rings (SSSR count). The maximum absolute atomic E-state index is 13.6. The second kappa shape index (κ2) is 6.78. The van der Waals surface area contributed by atoms with Crippen LogP contribution in [-0.4, -0.2) is 25.5 Å². The van der Waals surface area contributed by atoms with E-state index in [4.69, 9.17) is 34.1 Å². The van der Waals surface area contributed by atoms with E-state index in [0.29, 0.717) is 0 Å². The molecule has 10 heteroatoms. The molecule has 0 heterocycles. The number of nitrogens with two attached hydrogens (primary N) is 1. The van der Waals surface area contributed by atoms with E-state index in [0.717, 1.165) is 12.1 Å². The molecule has 4 N–H and O–H groups in total. The molecule has 0 radical (unpaired) electrons. The molecular formula is C11H14Cl2FN3O3S. The first-order valence-electron chi connectivity index (χ1n) is 5.75. The van der Waals surface area contributed by atoms with Crippen LogP contribution >= 0.6 is 23.2 Å². The molecule has 0 aliphatic rings. The summed E-state index contributed by atoms with van der Waals surface area (Å²) in [5, 5.41) is 10.5. The van der Waals surface area contributed by atoms with Gasteiger partial charge < -0.3 is 10.9 Å². The Hall–Kier alpha value is -1.09. The predicted molar refractivity (Wildman–Crippen MR) is 78.8 cm³/mol. The third kappa shape index (κ3) is 3.97. The van der Waals surface area contributed by atoms with Crippen molar-refractivity contribution in [1.29, 1.82) is 0 Å². The van der Waals surface area contributed by atoms with Crippen LogP contribution < -0.4 is 10.5 Å². The number of benzene rings is 1. The van der Waals surface area contributed by atoms with Crippen LogP contribution in [0.1, 0.15) is 13.8 Å². The van der Waals surface area contributed by atoms with Crippen LogP contribution in [-0.2, 0) is 10.0 Å². The van der Waals surface area contributed by atoms with E-state index in [2.05, 4.69) is 9.88 Å².